The molecule has 16 heavy (non-hydrogen) atoms. The first-order valence-electron chi connectivity index (χ1n) is 4.73. The molecule has 0 aromatic carbocycles. The lowest BCUT2D eigenvalue weighted by molar-refractivity contribution is -0.146. The number of aromatic nitrogens is 2. The number of hydrogen-bond acceptors (Lipinski definition) is 2. The van der Waals surface area contributed by atoms with Crippen LogP contribution in [0.4, 0.5) is 13.2 Å². The molecule has 3 nitrogen and oxygen atoms in total. The molecule has 0 N–H and O–H groups in total. The van der Waals surface area contributed by atoms with E-state index in [1.54, 1.807) is 24.1 Å². The lowest BCUT2D eigenvalue weighted by atomic mass is 10.3. The van der Waals surface area contributed by atoms with E-state index in [2.05, 4.69) is 21.0 Å². The van der Waals surface area contributed by atoms with Crippen molar-refractivity contribution < 1.29 is 13.2 Å². The normalized spacial score (nSPS) is 12.4. The maximum Gasteiger partial charge on any atom is 0.401 e. The van der Waals surface area contributed by atoms with Crippen LogP contribution in [0.3, 0.4) is 0 Å². The first-order valence-corrected chi connectivity index (χ1v) is 5.85. The molecule has 0 fully saturated rings. The molecule has 1 rings (SSSR count). The highest BCUT2D eigenvalue weighted by Gasteiger charge is 2.30. The quantitative estimate of drug-likeness (QED) is 0.777. The van der Waals surface area contributed by atoms with Gasteiger partial charge in [-0.1, -0.05) is 15.9 Å². The summed E-state index contributed by atoms with van der Waals surface area (Å²) in [5, 5.41) is 4.44. The van der Waals surface area contributed by atoms with E-state index in [1.807, 2.05) is 0 Å². The molecule has 0 aliphatic rings. The van der Waals surface area contributed by atoms with E-state index in [9.17, 15) is 13.2 Å². The van der Waals surface area contributed by atoms with Gasteiger partial charge >= 0.3 is 6.18 Å². The van der Waals surface area contributed by atoms with Gasteiger partial charge in [-0.15, -0.1) is 0 Å². The maximum atomic E-state index is 12.3. The number of halogens is 4. The summed E-state index contributed by atoms with van der Waals surface area (Å²) < 4.78 is 38.4. The molecule has 0 saturated carbocycles. The van der Waals surface area contributed by atoms with E-state index in [1.165, 1.54) is 4.90 Å². The molecule has 1 heterocycles. The molecule has 0 aliphatic carbocycles. The predicted molar refractivity (Wildman–Crippen MR) is 58.3 cm³/mol. The highest BCUT2D eigenvalue weighted by molar-refractivity contribution is 9.09. The molecule has 0 aliphatic heterocycles. The second-order valence-electron chi connectivity index (χ2n) is 3.54. The molecule has 1 aromatic rings. The summed E-state index contributed by atoms with van der Waals surface area (Å²) >= 11 is 3.15. The van der Waals surface area contributed by atoms with E-state index in [-0.39, 0.29) is 6.54 Å². The van der Waals surface area contributed by atoms with Gasteiger partial charge in [0.25, 0.3) is 0 Å². The van der Waals surface area contributed by atoms with Crippen molar-refractivity contribution >= 4 is 15.9 Å². The maximum absolute atomic E-state index is 12.3. The first-order chi connectivity index (χ1) is 7.40. The Hall–Kier alpha value is -0.560. The van der Waals surface area contributed by atoms with Gasteiger partial charge in [0.05, 0.1) is 12.7 Å². The minimum Gasteiger partial charge on any atom is -0.290 e. The van der Waals surface area contributed by atoms with Crippen LogP contribution >= 0.6 is 15.9 Å². The van der Waals surface area contributed by atoms with Gasteiger partial charge in [-0.05, 0) is 0 Å². The number of alkyl halides is 4. The monoisotopic (exact) mass is 299 g/mol. The van der Waals surface area contributed by atoms with E-state index in [0.717, 1.165) is 5.56 Å². The molecular formula is C9H13BrF3N3. The summed E-state index contributed by atoms with van der Waals surface area (Å²) in [4.78, 5) is 1.34. The third kappa shape index (κ3) is 4.98. The fourth-order valence-electron chi connectivity index (χ4n) is 1.40. The van der Waals surface area contributed by atoms with Crippen LogP contribution in [0.5, 0.6) is 0 Å². The van der Waals surface area contributed by atoms with Crippen molar-refractivity contribution in [1.82, 2.24) is 14.7 Å². The van der Waals surface area contributed by atoms with Gasteiger partial charge in [0, 0.05) is 37.2 Å². The Bertz CT molecular complexity index is 324. The second kappa shape index (κ2) is 5.67. The van der Waals surface area contributed by atoms with Crippen molar-refractivity contribution in [2.24, 2.45) is 7.05 Å². The summed E-state index contributed by atoms with van der Waals surface area (Å²) in [5.74, 6) is 0. The van der Waals surface area contributed by atoms with Crippen molar-refractivity contribution in [1.29, 1.82) is 0 Å². The highest BCUT2D eigenvalue weighted by atomic mass is 79.9. The lowest BCUT2D eigenvalue weighted by Gasteiger charge is -2.21. The van der Waals surface area contributed by atoms with Crippen LogP contribution in [0.2, 0.25) is 0 Å². The second-order valence-corrected chi connectivity index (χ2v) is 4.33. The predicted octanol–water partition coefficient (Wildman–Crippen LogP) is 2.18. The van der Waals surface area contributed by atoms with Crippen LogP contribution in [-0.4, -0.2) is 39.3 Å². The fraction of sp³-hybridized carbons (Fsp3) is 0.667. The van der Waals surface area contributed by atoms with Gasteiger partial charge in [-0.25, -0.2) is 0 Å². The van der Waals surface area contributed by atoms with E-state index in [0.29, 0.717) is 11.9 Å². The van der Waals surface area contributed by atoms with Gasteiger partial charge in [0.2, 0.25) is 0 Å². The van der Waals surface area contributed by atoms with E-state index >= 15 is 0 Å². The van der Waals surface area contributed by atoms with Gasteiger partial charge in [-0.2, -0.15) is 18.3 Å². The molecule has 0 spiro atoms. The third-order valence-corrected chi connectivity index (χ3v) is 2.32. The Kier molecular flexibility index (Phi) is 4.79. The van der Waals surface area contributed by atoms with Gasteiger partial charge < -0.3 is 0 Å². The first kappa shape index (κ1) is 13.5. The topological polar surface area (TPSA) is 21.1 Å². The zero-order chi connectivity index (χ0) is 12.2. The van der Waals surface area contributed by atoms with Crippen molar-refractivity contribution in [2.45, 2.75) is 12.7 Å². The molecular weight excluding hydrogens is 287 g/mol. The van der Waals surface area contributed by atoms with E-state index < -0.39 is 12.7 Å². The van der Waals surface area contributed by atoms with Crippen LogP contribution in [0.25, 0.3) is 0 Å². The molecule has 0 bridgehead atoms. The van der Waals surface area contributed by atoms with Crippen LogP contribution in [0.1, 0.15) is 5.56 Å². The van der Waals surface area contributed by atoms with Crippen molar-refractivity contribution in [3.05, 3.63) is 18.0 Å². The number of nitrogens with zero attached hydrogens (tertiary/aromatic N) is 3. The minimum atomic E-state index is -4.16. The minimum absolute atomic E-state index is 0.263. The van der Waals surface area contributed by atoms with Crippen LogP contribution in [0.15, 0.2) is 12.4 Å². The Morgan fingerprint density at radius 3 is 2.62 bits per heavy atom. The Labute approximate surface area is 100 Å². The zero-order valence-electron chi connectivity index (χ0n) is 8.84. The van der Waals surface area contributed by atoms with Gasteiger partial charge in [-0.3, -0.25) is 9.58 Å². The zero-order valence-corrected chi connectivity index (χ0v) is 10.4. The standard InChI is InChI=1S/C9H13BrF3N3/c1-15-5-8(4-14-15)6-16(3-2-10)7-9(11,12)13/h4-5H,2-3,6-7H2,1H3. The third-order valence-electron chi connectivity index (χ3n) is 1.97. The molecule has 0 radical (unpaired) electrons. The van der Waals surface area contributed by atoms with Crippen molar-refractivity contribution in [3.63, 3.8) is 0 Å². The molecule has 7 heteroatoms. The number of rotatable bonds is 5. The largest absolute Gasteiger partial charge is 0.401 e. The average molecular weight is 300 g/mol. The van der Waals surface area contributed by atoms with Crippen LogP contribution in [-0.2, 0) is 13.6 Å². The Morgan fingerprint density at radius 2 is 2.19 bits per heavy atom. The summed E-state index contributed by atoms with van der Waals surface area (Å²) in [6, 6.07) is 0. The SMILES string of the molecule is Cn1cc(CN(CCBr)CC(F)(F)F)cn1. The average Bonchev–Trinajstić information content (AvgIpc) is 2.48. The molecule has 0 atom stereocenters. The van der Waals surface area contributed by atoms with Crippen molar-refractivity contribution in [2.75, 3.05) is 18.4 Å². The van der Waals surface area contributed by atoms with Gasteiger partial charge in [0.15, 0.2) is 0 Å². The molecule has 0 unspecified atom stereocenters. The molecule has 92 valence electrons. The molecule has 0 saturated heterocycles. The van der Waals surface area contributed by atoms with Crippen LogP contribution in [0, 0.1) is 0 Å². The molecule has 1 aromatic heterocycles. The number of hydrogen-bond donors (Lipinski definition) is 0. The fourth-order valence-corrected chi connectivity index (χ4v) is 1.90. The lowest BCUT2D eigenvalue weighted by Crippen LogP contribution is -2.35. The summed E-state index contributed by atoms with van der Waals surface area (Å²) in [6.45, 7) is -0.277. The smallest absolute Gasteiger partial charge is 0.290 e. The Morgan fingerprint density at radius 1 is 1.50 bits per heavy atom. The van der Waals surface area contributed by atoms with Gasteiger partial charge in [0.1, 0.15) is 0 Å². The van der Waals surface area contributed by atoms with Crippen molar-refractivity contribution in [3.8, 4) is 0 Å². The van der Waals surface area contributed by atoms with Crippen LogP contribution < -0.4 is 0 Å². The van der Waals surface area contributed by atoms with E-state index in [4.69, 9.17) is 0 Å². The number of aryl methyl sites for hydroxylation is 1. The summed E-state index contributed by atoms with van der Waals surface area (Å²) in [6.07, 6.45) is -0.862. The Balaban J connectivity index is 2.57. The summed E-state index contributed by atoms with van der Waals surface area (Å²) in [5.41, 5.74) is 0.785. The highest BCUT2D eigenvalue weighted by Crippen LogP contribution is 2.18. The summed E-state index contributed by atoms with van der Waals surface area (Å²) in [7, 11) is 1.74. The molecule has 0 amide bonds.